The van der Waals surface area contributed by atoms with Gasteiger partial charge >= 0.3 is 5.97 Å². The summed E-state index contributed by atoms with van der Waals surface area (Å²) in [4.78, 5) is 12.4. The molecule has 2 rings (SSSR count). The molecule has 1 unspecified atom stereocenters. The second-order valence-electron chi connectivity index (χ2n) is 9.32. The highest BCUT2D eigenvalue weighted by molar-refractivity contribution is 6.20. The molecular formula is C30H41ClO4. The molecule has 0 amide bonds. The highest BCUT2D eigenvalue weighted by Crippen LogP contribution is 2.21. The summed E-state index contributed by atoms with van der Waals surface area (Å²) in [5.74, 6) is 2.06. The molecular weight excluding hydrogens is 460 g/mol. The number of alkyl halides is 1. The Kier molecular flexibility index (Phi) is 14.0. The van der Waals surface area contributed by atoms with Crippen molar-refractivity contribution in [2.75, 3.05) is 13.2 Å². The highest BCUT2D eigenvalue weighted by Gasteiger charge is 2.11. The van der Waals surface area contributed by atoms with Crippen molar-refractivity contribution in [3.8, 4) is 17.2 Å². The molecule has 5 heteroatoms. The second-order valence-corrected chi connectivity index (χ2v) is 9.94. The van der Waals surface area contributed by atoms with E-state index in [1.165, 1.54) is 38.5 Å². The smallest absolute Gasteiger partial charge is 0.343 e. The lowest BCUT2D eigenvalue weighted by Crippen LogP contribution is -2.14. The van der Waals surface area contributed by atoms with Crippen molar-refractivity contribution in [3.05, 3.63) is 66.7 Å². The van der Waals surface area contributed by atoms with E-state index in [1.54, 1.807) is 36.4 Å². The predicted octanol–water partition coefficient (Wildman–Crippen LogP) is 8.62. The van der Waals surface area contributed by atoms with Gasteiger partial charge in [0.15, 0.2) is 0 Å². The van der Waals surface area contributed by atoms with Crippen LogP contribution in [0.2, 0.25) is 0 Å². The molecule has 0 N–H and O–H groups in total. The number of halogens is 1. The van der Waals surface area contributed by atoms with E-state index in [2.05, 4.69) is 20.4 Å². The van der Waals surface area contributed by atoms with Crippen molar-refractivity contribution in [3.63, 3.8) is 0 Å². The topological polar surface area (TPSA) is 44.8 Å². The summed E-state index contributed by atoms with van der Waals surface area (Å²) in [6.07, 6.45) is 12.7. The Morgan fingerprint density at radius 1 is 0.829 bits per heavy atom. The lowest BCUT2D eigenvalue weighted by Gasteiger charge is -2.13. The standard InChI is InChI=1S/C30H41ClO4/c1-4-5-6-7-8-9-10-11-12-21-33-27-17-19-29(20-18-27)35-30(32)25-13-15-28(16-14-25)34-23-26(31)22-24(2)3/h4,13-20,24,26H,1,5-12,21-23H2,2-3H3. The summed E-state index contributed by atoms with van der Waals surface area (Å²) in [6.45, 7) is 9.16. The van der Waals surface area contributed by atoms with Crippen molar-refractivity contribution >= 4 is 17.6 Å². The summed E-state index contributed by atoms with van der Waals surface area (Å²) >= 11 is 6.27. The fraction of sp³-hybridized carbons (Fsp3) is 0.500. The number of unbranched alkanes of at least 4 members (excludes halogenated alkanes) is 7. The number of hydrogen-bond donors (Lipinski definition) is 0. The third-order valence-corrected chi connectivity index (χ3v) is 5.91. The SMILES string of the molecule is C=CCCCCCCCCCOc1ccc(OC(=O)c2ccc(OCC(Cl)CC(C)C)cc2)cc1. The second kappa shape index (κ2) is 17.0. The van der Waals surface area contributed by atoms with Crippen LogP contribution in [0.1, 0.15) is 82.0 Å². The third-order valence-electron chi connectivity index (χ3n) is 5.60. The van der Waals surface area contributed by atoms with Gasteiger partial charge in [-0.2, -0.15) is 0 Å². The maximum Gasteiger partial charge on any atom is 0.343 e. The van der Waals surface area contributed by atoms with Gasteiger partial charge in [-0.25, -0.2) is 4.79 Å². The van der Waals surface area contributed by atoms with Gasteiger partial charge in [-0.1, -0.05) is 52.0 Å². The van der Waals surface area contributed by atoms with Gasteiger partial charge in [0, 0.05) is 0 Å². The Hall–Kier alpha value is -2.46. The first-order valence-corrected chi connectivity index (χ1v) is 13.3. The molecule has 0 aliphatic carbocycles. The van der Waals surface area contributed by atoms with Gasteiger partial charge < -0.3 is 14.2 Å². The van der Waals surface area contributed by atoms with Crippen molar-refractivity contribution in [1.29, 1.82) is 0 Å². The van der Waals surface area contributed by atoms with Gasteiger partial charge in [-0.05, 0) is 80.1 Å². The molecule has 0 bridgehead atoms. The van der Waals surface area contributed by atoms with Gasteiger partial charge in [0.2, 0.25) is 0 Å². The minimum absolute atomic E-state index is 0.0333. The van der Waals surface area contributed by atoms with Crippen LogP contribution in [0.5, 0.6) is 17.2 Å². The van der Waals surface area contributed by atoms with Crippen LogP contribution in [0.25, 0.3) is 0 Å². The van der Waals surface area contributed by atoms with Gasteiger partial charge in [0.1, 0.15) is 23.9 Å². The largest absolute Gasteiger partial charge is 0.494 e. The van der Waals surface area contributed by atoms with Crippen LogP contribution in [0, 0.1) is 5.92 Å². The number of carbonyl (C=O) groups excluding carboxylic acids is 1. The van der Waals surface area contributed by atoms with Crippen LogP contribution in [0.3, 0.4) is 0 Å². The molecule has 0 fully saturated rings. The van der Waals surface area contributed by atoms with E-state index in [-0.39, 0.29) is 5.38 Å². The Bertz CT molecular complexity index is 846. The van der Waals surface area contributed by atoms with Crippen LogP contribution < -0.4 is 14.2 Å². The Morgan fingerprint density at radius 2 is 1.37 bits per heavy atom. The molecule has 0 saturated heterocycles. The highest BCUT2D eigenvalue weighted by atomic mass is 35.5. The van der Waals surface area contributed by atoms with E-state index >= 15 is 0 Å². The first kappa shape index (κ1) is 28.8. The average molecular weight is 501 g/mol. The molecule has 192 valence electrons. The molecule has 0 aromatic heterocycles. The number of hydrogen-bond acceptors (Lipinski definition) is 4. The summed E-state index contributed by atoms with van der Waals surface area (Å²) < 4.78 is 17.0. The number of rotatable bonds is 18. The zero-order valence-electron chi connectivity index (χ0n) is 21.3. The molecule has 0 heterocycles. The minimum Gasteiger partial charge on any atom is -0.494 e. The lowest BCUT2D eigenvalue weighted by atomic mass is 10.1. The lowest BCUT2D eigenvalue weighted by molar-refractivity contribution is 0.0734. The van der Waals surface area contributed by atoms with Crippen LogP contribution in [-0.4, -0.2) is 24.6 Å². The number of benzene rings is 2. The zero-order chi connectivity index (χ0) is 25.3. The summed E-state index contributed by atoms with van der Waals surface area (Å²) in [6, 6.07) is 14.1. The molecule has 2 aromatic carbocycles. The zero-order valence-corrected chi connectivity index (χ0v) is 22.1. The molecule has 0 saturated carbocycles. The van der Waals surface area contributed by atoms with Crippen molar-refractivity contribution in [2.24, 2.45) is 5.92 Å². The quantitative estimate of drug-likeness (QED) is 0.0675. The van der Waals surface area contributed by atoms with Crippen LogP contribution in [0.15, 0.2) is 61.2 Å². The molecule has 0 aliphatic rings. The van der Waals surface area contributed by atoms with Gasteiger partial charge in [0.05, 0.1) is 17.5 Å². The van der Waals surface area contributed by atoms with Crippen molar-refractivity contribution in [2.45, 2.75) is 77.0 Å². The Morgan fingerprint density at radius 3 is 2.00 bits per heavy atom. The molecule has 0 aliphatic heterocycles. The summed E-state index contributed by atoms with van der Waals surface area (Å²) in [7, 11) is 0. The van der Waals surface area contributed by atoms with Crippen LogP contribution >= 0.6 is 11.6 Å². The monoisotopic (exact) mass is 500 g/mol. The van der Waals surface area contributed by atoms with Crippen molar-refractivity contribution < 1.29 is 19.0 Å². The molecule has 2 aromatic rings. The average Bonchev–Trinajstić information content (AvgIpc) is 2.85. The number of allylic oxidation sites excluding steroid dienone is 1. The van der Waals surface area contributed by atoms with E-state index in [0.29, 0.717) is 36.2 Å². The van der Waals surface area contributed by atoms with Crippen LogP contribution in [0.4, 0.5) is 0 Å². The van der Waals surface area contributed by atoms with E-state index in [4.69, 9.17) is 25.8 Å². The fourth-order valence-electron chi connectivity index (χ4n) is 3.69. The first-order valence-electron chi connectivity index (χ1n) is 12.9. The van der Waals surface area contributed by atoms with Crippen molar-refractivity contribution in [1.82, 2.24) is 0 Å². The summed E-state index contributed by atoms with van der Waals surface area (Å²) in [5, 5.41) is -0.0333. The normalized spacial score (nSPS) is 11.8. The number of carbonyl (C=O) groups is 1. The van der Waals surface area contributed by atoms with Gasteiger partial charge in [-0.15, -0.1) is 18.2 Å². The van der Waals surface area contributed by atoms with Gasteiger partial charge in [0.25, 0.3) is 0 Å². The molecule has 0 spiro atoms. The van der Waals surface area contributed by atoms with Gasteiger partial charge in [-0.3, -0.25) is 0 Å². The predicted molar refractivity (Wildman–Crippen MR) is 145 cm³/mol. The molecule has 35 heavy (non-hydrogen) atoms. The van der Waals surface area contributed by atoms with E-state index in [1.807, 2.05) is 18.2 Å². The maximum atomic E-state index is 12.4. The first-order chi connectivity index (χ1) is 17.0. The number of esters is 1. The van der Waals surface area contributed by atoms with Crippen LogP contribution in [-0.2, 0) is 0 Å². The Balaban J connectivity index is 1.64. The van der Waals surface area contributed by atoms with E-state index in [0.717, 1.165) is 25.0 Å². The molecule has 0 radical (unpaired) electrons. The minimum atomic E-state index is -0.412. The third kappa shape index (κ3) is 12.7. The Labute approximate surface area is 216 Å². The molecule has 4 nitrogen and oxygen atoms in total. The van der Waals surface area contributed by atoms with E-state index in [9.17, 15) is 4.79 Å². The number of ether oxygens (including phenoxy) is 3. The van der Waals surface area contributed by atoms with E-state index < -0.39 is 5.97 Å². The molecule has 1 atom stereocenters. The summed E-state index contributed by atoms with van der Waals surface area (Å²) in [5.41, 5.74) is 0.461. The maximum absolute atomic E-state index is 12.4. The fourth-order valence-corrected chi connectivity index (χ4v) is 4.11.